The molecule has 0 spiro atoms. The van der Waals surface area contributed by atoms with E-state index >= 15 is 0 Å². The zero-order chi connectivity index (χ0) is 19.4. The number of nitrogens with zero attached hydrogens (tertiary/aromatic N) is 1. The average Bonchev–Trinajstić information content (AvgIpc) is 2.97. The van der Waals surface area contributed by atoms with E-state index in [1.165, 1.54) is 20.3 Å². The molecule has 3 aromatic rings. The van der Waals surface area contributed by atoms with Gasteiger partial charge in [0.05, 0.1) is 19.7 Å². The molecule has 0 atom stereocenters. The Hall–Kier alpha value is -3.05. The van der Waals surface area contributed by atoms with Crippen molar-refractivity contribution in [3.63, 3.8) is 0 Å². The van der Waals surface area contributed by atoms with E-state index in [2.05, 4.69) is 0 Å². The van der Waals surface area contributed by atoms with Crippen LogP contribution in [0.3, 0.4) is 0 Å². The van der Waals surface area contributed by atoms with Gasteiger partial charge in [0.2, 0.25) is 0 Å². The number of aromatic nitrogens is 1. The van der Waals surface area contributed by atoms with Crippen LogP contribution < -0.4 is 0 Å². The number of carbonyl (C=O) groups excluding carboxylic acids is 2. The number of ether oxygens (including phenoxy) is 2. The Morgan fingerprint density at radius 3 is 2.19 bits per heavy atom. The lowest BCUT2D eigenvalue weighted by Gasteiger charge is -2.07. The lowest BCUT2D eigenvalue weighted by atomic mass is 10.1. The van der Waals surface area contributed by atoms with E-state index in [0.717, 1.165) is 16.5 Å². The van der Waals surface area contributed by atoms with Crippen molar-refractivity contribution in [2.45, 2.75) is 6.54 Å². The summed E-state index contributed by atoms with van der Waals surface area (Å²) in [4.78, 5) is 24.0. The number of methoxy groups -OCH3 is 2. The monoisotopic (exact) mass is 383 g/mol. The first-order valence-corrected chi connectivity index (χ1v) is 8.63. The minimum absolute atomic E-state index is 0.218. The van der Waals surface area contributed by atoms with Gasteiger partial charge >= 0.3 is 11.9 Å². The second-order valence-corrected chi connectivity index (χ2v) is 6.19. The van der Waals surface area contributed by atoms with Crippen molar-refractivity contribution in [1.29, 1.82) is 0 Å². The van der Waals surface area contributed by atoms with Gasteiger partial charge in [-0.05, 0) is 17.7 Å². The van der Waals surface area contributed by atoms with Crippen molar-refractivity contribution in [3.05, 3.63) is 76.5 Å². The molecule has 1 aromatic heterocycles. The van der Waals surface area contributed by atoms with Gasteiger partial charge < -0.3 is 14.0 Å². The molecule has 5 nitrogen and oxygen atoms in total. The first kappa shape index (κ1) is 18.7. The number of halogens is 1. The Balaban J connectivity index is 2.19. The number of esters is 2. The molecule has 0 radical (unpaired) electrons. The normalized spacial score (nSPS) is 10.5. The molecule has 0 saturated carbocycles. The van der Waals surface area contributed by atoms with Crippen molar-refractivity contribution in [2.24, 2.45) is 0 Å². The van der Waals surface area contributed by atoms with E-state index < -0.39 is 11.9 Å². The highest BCUT2D eigenvalue weighted by Crippen LogP contribution is 2.33. The summed E-state index contributed by atoms with van der Waals surface area (Å²) in [7, 11) is 2.42. The van der Waals surface area contributed by atoms with Crippen molar-refractivity contribution in [2.75, 3.05) is 14.2 Å². The van der Waals surface area contributed by atoms with Gasteiger partial charge in [-0.25, -0.2) is 9.59 Å². The predicted octanol–water partition coefficient (Wildman–Crippen LogP) is 4.07. The smallest absolute Gasteiger partial charge is 0.345 e. The molecule has 1 heterocycles. The third kappa shape index (κ3) is 3.73. The van der Waals surface area contributed by atoms with Crippen LogP contribution in [0.25, 0.3) is 17.0 Å². The summed E-state index contributed by atoms with van der Waals surface area (Å²) in [5.41, 5.74) is 2.32. The fourth-order valence-electron chi connectivity index (χ4n) is 2.92. The molecule has 0 amide bonds. The Morgan fingerprint density at radius 2 is 1.56 bits per heavy atom. The molecular formula is C21H18ClNO4. The SMILES string of the molecule is COC(=O)C(=Cc1c(Cl)n(Cc2ccccc2)c2ccccc12)C(=O)OC. The number of carbonyl (C=O) groups is 2. The van der Waals surface area contributed by atoms with Crippen LogP contribution in [0.4, 0.5) is 0 Å². The van der Waals surface area contributed by atoms with Crippen molar-refractivity contribution in [1.82, 2.24) is 4.57 Å². The molecule has 0 saturated heterocycles. The largest absolute Gasteiger partial charge is 0.465 e. The average molecular weight is 384 g/mol. The molecule has 0 aliphatic heterocycles. The highest BCUT2D eigenvalue weighted by molar-refractivity contribution is 6.33. The Labute approximate surface area is 161 Å². The van der Waals surface area contributed by atoms with Crippen LogP contribution in [0.1, 0.15) is 11.1 Å². The van der Waals surface area contributed by atoms with Gasteiger partial charge in [0.25, 0.3) is 0 Å². The number of hydrogen-bond donors (Lipinski definition) is 0. The van der Waals surface area contributed by atoms with E-state index in [9.17, 15) is 9.59 Å². The summed E-state index contributed by atoms with van der Waals surface area (Å²) in [6.45, 7) is 0.555. The summed E-state index contributed by atoms with van der Waals surface area (Å²) < 4.78 is 11.3. The molecule has 0 N–H and O–H groups in total. The summed E-state index contributed by atoms with van der Waals surface area (Å²) in [5.74, 6) is -1.56. The highest BCUT2D eigenvalue weighted by atomic mass is 35.5. The van der Waals surface area contributed by atoms with Crippen LogP contribution >= 0.6 is 11.6 Å². The van der Waals surface area contributed by atoms with Crippen LogP contribution in [-0.4, -0.2) is 30.7 Å². The molecule has 0 bridgehead atoms. The molecule has 3 rings (SSSR count). The van der Waals surface area contributed by atoms with Crippen LogP contribution in [0.2, 0.25) is 5.15 Å². The number of benzene rings is 2. The topological polar surface area (TPSA) is 57.5 Å². The lowest BCUT2D eigenvalue weighted by Crippen LogP contribution is -2.15. The number of hydrogen-bond acceptors (Lipinski definition) is 4. The zero-order valence-electron chi connectivity index (χ0n) is 14.9. The molecule has 2 aromatic carbocycles. The summed E-state index contributed by atoms with van der Waals surface area (Å²) in [6, 6.07) is 17.5. The lowest BCUT2D eigenvalue weighted by molar-refractivity contribution is -0.143. The second kappa shape index (κ2) is 8.10. The first-order chi connectivity index (χ1) is 13.1. The van der Waals surface area contributed by atoms with E-state index in [1.807, 2.05) is 59.2 Å². The molecule has 6 heteroatoms. The summed E-state index contributed by atoms with van der Waals surface area (Å²) in [5, 5.41) is 1.24. The van der Waals surface area contributed by atoms with E-state index in [0.29, 0.717) is 17.3 Å². The molecule has 0 aliphatic carbocycles. The van der Waals surface area contributed by atoms with Crippen LogP contribution in [-0.2, 0) is 25.6 Å². The van der Waals surface area contributed by atoms with Gasteiger partial charge in [-0.3, -0.25) is 0 Å². The predicted molar refractivity (Wildman–Crippen MR) is 105 cm³/mol. The molecular weight excluding hydrogens is 366 g/mol. The maximum atomic E-state index is 12.0. The highest BCUT2D eigenvalue weighted by Gasteiger charge is 2.23. The van der Waals surface area contributed by atoms with Crippen molar-refractivity contribution >= 4 is 40.5 Å². The number of rotatable bonds is 5. The third-order valence-corrected chi connectivity index (χ3v) is 4.63. The quantitative estimate of drug-likeness (QED) is 0.288. The minimum Gasteiger partial charge on any atom is -0.465 e. The van der Waals surface area contributed by atoms with Gasteiger partial charge in [0.1, 0.15) is 10.7 Å². The minimum atomic E-state index is -0.780. The third-order valence-electron chi connectivity index (χ3n) is 4.23. The Bertz CT molecular complexity index is 1000. The second-order valence-electron chi connectivity index (χ2n) is 5.83. The fraction of sp³-hybridized carbons (Fsp3) is 0.143. The van der Waals surface area contributed by atoms with Crippen LogP contribution in [0.5, 0.6) is 0 Å². The number of fused-ring (bicyclic) bond motifs is 1. The molecule has 27 heavy (non-hydrogen) atoms. The van der Waals surface area contributed by atoms with E-state index in [4.69, 9.17) is 21.1 Å². The Morgan fingerprint density at radius 1 is 0.963 bits per heavy atom. The van der Waals surface area contributed by atoms with Gasteiger partial charge in [-0.1, -0.05) is 60.1 Å². The molecule has 138 valence electrons. The summed E-state index contributed by atoms with van der Waals surface area (Å²) >= 11 is 6.66. The van der Waals surface area contributed by atoms with Crippen LogP contribution in [0.15, 0.2) is 60.2 Å². The van der Waals surface area contributed by atoms with Gasteiger partial charge in [0, 0.05) is 17.5 Å². The van der Waals surface area contributed by atoms with E-state index in [-0.39, 0.29) is 5.57 Å². The Kier molecular flexibility index (Phi) is 5.62. The zero-order valence-corrected chi connectivity index (χ0v) is 15.7. The maximum absolute atomic E-state index is 12.0. The van der Waals surface area contributed by atoms with Crippen molar-refractivity contribution in [3.8, 4) is 0 Å². The molecule has 0 aliphatic rings. The number of para-hydroxylation sites is 1. The van der Waals surface area contributed by atoms with Gasteiger partial charge in [-0.2, -0.15) is 0 Å². The van der Waals surface area contributed by atoms with Gasteiger partial charge in [0.15, 0.2) is 0 Å². The first-order valence-electron chi connectivity index (χ1n) is 8.25. The summed E-state index contributed by atoms with van der Waals surface area (Å²) in [6.07, 6.45) is 1.42. The standard InChI is InChI=1S/C21H18ClNO4/c1-26-20(24)17(21(25)27-2)12-16-15-10-6-7-11-18(15)23(19(16)22)13-14-8-4-3-5-9-14/h3-12H,13H2,1-2H3. The molecule has 0 fully saturated rings. The van der Waals surface area contributed by atoms with Crippen LogP contribution in [0, 0.1) is 0 Å². The molecule has 0 unspecified atom stereocenters. The van der Waals surface area contributed by atoms with Crippen molar-refractivity contribution < 1.29 is 19.1 Å². The fourth-order valence-corrected chi connectivity index (χ4v) is 3.23. The maximum Gasteiger partial charge on any atom is 0.345 e. The van der Waals surface area contributed by atoms with Gasteiger partial charge in [-0.15, -0.1) is 0 Å². The van der Waals surface area contributed by atoms with E-state index in [1.54, 1.807) is 0 Å².